The van der Waals surface area contributed by atoms with E-state index in [0.29, 0.717) is 18.1 Å². The van der Waals surface area contributed by atoms with Crippen LogP contribution in [0, 0.1) is 17.3 Å². The lowest BCUT2D eigenvalue weighted by Gasteiger charge is -2.47. The van der Waals surface area contributed by atoms with Crippen molar-refractivity contribution in [1.82, 2.24) is 0 Å². The molecule has 1 saturated heterocycles. The van der Waals surface area contributed by atoms with Gasteiger partial charge in [0, 0.05) is 18.3 Å². The van der Waals surface area contributed by atoms with E-state index in [9.17, 15) is 9.59 Å². The average molecular weight is 222 g/mol. The molecule has 0 radical (unpaired) electrons. The highest BCUT2D eigenvalue weighted by Crippen LogP contribution is 2.53. The smallest absolute Gasteiger partial charge is 0.306 e. The van der Waals surface area contributed by atoms with E-state index in [-0.39, 0.29) is 23.4 Å². The monoisotopic (exact) mass is 222 g/mol. The van der Waals surface area contributed by atoms with Gasteiger partial charge in [-0.25, -0.2) is 0 Å². The lowest BCUT2D eigenvalue weighted by atomic mass is 9.57. The zero-order valence-corrected chi connectivity index (χ0v) is 9.70. The maximum atomic E-state index is 12.0. The second kappa shape index (κ2) is 3.31. The van der Waals surface area contributed by atoms with Crippen molar-refractivity contribution in [1.29, 1.82) is 0 Å². The number of hydrogen-bond donors (Lipinski definition) is 0. The minimum absolute atomic E-state index is 0.0651. The Morgan fingerprint density at radius 3 is 3.00 bits per heavy atom. The van der Waals surface area contributed by atoms with Crippen molar-refractivity contribution >= 4 is 11.8 Å². The van der Waals surface area contributed by atoms with Crippen LogP contribution in [0.25, 0.3) is 0 Å². The van der Waals surface area contributed by atoms with Crippen LogP contribution in [0.1, 0.15) is 45.4 Å². The molecular formula is C13H18O3. The number of Topliss-reactive ketones (excluding diaryl/α,β-unsaturated/α-hetero) is 1. The molecule has 0 spiro atoms. The normalized spacial score (nSPS) is 47.2. The van der Waals surface area contributed by atoms with Crippen molar-refractivity contribution < 1.29 is 14.3 Å². The van der Waals surface area contributed by atoms with Crippen LogP contribution in [0.15, 0.2) is 0 Å². The molecule has 1 heterocycles. The Morgan fingerprint density at radius 1 is 1.38 bits per heavy atom. The summed E-state index contributed by atoms with van der Waals surface area (Å²) in [6.45, 7) is 2.21. The van der Waals surface area contributed by atoms with Crippen molar-refractivity contribution in [2.45, 2.75) is 51.6 Å². The highest BCUT2D eigenvalue weighted by Gasteiger charge is 2.52. The number of esters is 1. The van der Waals surface area contributed by atoms with Crippen molar-refractivity contribution in [3.63, 3.8) is 0 Å². The van der Waals surface area contributed by atoms with E-state index in [4.69, 9.17) is 4.74 Å². The molecule has 1 aliphatic heterocycles. The molecule has 0 aromatic rings. The van der Waals surface area contributed by atoms with Gasteiger partial charge >= 0.3 is 5.97 Å². The highest BCUT2D eigenvalue weighted by atomic mass is 16.5. The molecule has 3 aliphatic rings. The molecule has 16 heavy (non-hydrogen) atoms. The fourth-order valence-corrected chi connectivity index (χ4v) is 3.93. The summed E-state index contributed by atoms with van der Waals surface area (Å²) in [5, 5.41) is 0. The Labute approximate surface area is 95.5 Å². The molecule has 3 nitrogen and oxygen atoms in total. The van der Waals surface area contributed by atoms with Crippen LogP contribution >= 0.6 is 0 Å². The average Bonchev–Trinajstić information content (AvgIpc) is 2.54. The molecule has 2 saturated carbocycles. The summed E-state index contributed by atoms with van der Waals surface area (Å²) >= 11 is 0. The fraction of sp³-hybridized carbons (Fsp3) is 0.846. The number of rotatable bonds is 0. The van der Waals surface area contributed by atoms with Gasteiger partial charge in [0.2, 0.25) is 0 Å². The number of hydrogen-bond acceptors (Lipinski definition) is 3. The van der Waals surface area contributed by atoms with E-state index < -0.39 is 0 Å². The van der Waals surface area contributed by atoms with Crippen LogP contribution in [-0.4, -0.2) is 17.9 Å². The van der Waals surface area contributed by atoms with Gasteiger partial charge in [0.05, 0.1) is 6.42 Å². The first-order valence-electron chi connectivity index (χ1n) is 6.31. The lowest BCUT2D eigenvalue weighted by Crippen LogP contribution is -2.46. The molecule has 2 aliphatic carbocycles. The summed E-state index contributed by atoms with van der Waals surface area (Å²) in [5.41, 5.74) is 0.0983. The van der Waals surface area contributed by atoms with Gasteiger partial charge in [-0.1, -0.05) is 6.92 Å². The predicted molar refractivity (Wildman–Crippen MR) is 57.7 cm³/mol. The van der Waals surface area contributed by atoms with E-state index in [1.54, 1.807) is 0 Å². The number of carbonyl (C=O) groups excluding carboxylic acids is 2. The number of carbonyl (C=O) groups is 2. The molecule has 0 amide bonds. The second-order valence-corrected chi connectivity index (χ2v) is 5.96. The van der Waals surface area contributed by atoms with Gasteiger partial charge in [0.25, 0.3) is 0 Å². The van der Waals surface area contributed by atoms with Crippen LogP contribution in [0.5, 0.6) is 0 Å². The Balaban J connectivity index is 1.86. The quantitative estimate of drug-likeness (QED) is 0.589. The van der Waals surface area contributed by atoms with Crippen molar-refractivity contribution in [2.24, 2.45) is 17.3 Å². The zero-order chi connectivity index (χ0) is 11.3. The molecule has 0 unspecified atom stereocenters. The molecule has 0 N–H and O–H groups in total. The first kappa shape index (κ1) is 10.3. The largest absolute Gasteiger partial charge is 0.462 e. The molecule has 88 valence electrons. The summed E-state index contributed by atoms with van der Waals surface area (Å²) in [5.74, 6) is 0.862. The van der Waals surface area contributed by atoms with Crippen LogP contribution < -0.4 is 0 Å². The van der Waals surface area contributed by atoms with Crippen LogP contribution in [-0.2, 0) is 14.3 Å². The third-order valence-electron chi connectivity index (χ3n) is 4.84. The zero-order valence-electron chi connectivity index (χ0n) is 9.70. The summed E-state index contributed by atoms with van der Waals surface area (Å²) in [6, 6.07) is 0. The number of ketones is 1. The van der Waals surface area contributed by atoms with Crippen molar-refractivity contribution in [3.8, 4) is 0 Å². The minimum atomic E-state index is -0.0651. The van der Waals surface area contributed by atoms with Crippen molar-refractivity contribution in [3.05, 3.63) is 0 Å². The summed E-state index contributed by atoms with van der Waals surface area (Å²) in [7, 11) is 0. The number of ether oxygens (including phenoxy) is 1. The van der Waals surface area contributed by atoms with E-state index >= 15 is 0 Å². The van der Waals surface area contributed by atoms with Gasteiger partial charge in [-0.2, -0.15) is 0 Å². The Morgan fingerprint density at radius 2 is 2.19 bits per heavy atom. The molecule has 3 heteroatoms. The second-order valence-electron chi connectivity index (χ2n) is 5.96. The summed E-state index contributed by atoms with van der Waals surface area (Å²) in [6.07, 6.45) is 5.28. The van der Waals surface area contributed by atoms with Crippen LogP contribution in [0.2, 0.25) is 0 Å². The first-order chi connectivity index (χ1) is 7.58. The van der Waals surface area contributed by atoms with Crippen molar-refractivity contribution in [2.75, 3.05) is 0 Å². The first-order valence-corrected chi connectivity index (χ1v) is 6.31. The topological polar surface area (TPSA) is 43.4 Å². The standard InChI is InChI=1S/C13H18O3/c1-13-4-2-3-10(14)9(13)5-8-6-12(15)16-11(8)7-13/h8-9,11H,2-7H2,1H3/t8-,9-,11-,13-/m1/s1. The van der Waals surface area contributed by atoms with E-state index in [1.807, 2.05) is 0 Å². The van der Waals surface area contributed by atoms with Crippen LogP contribution in [0.3, 0.4) is 0 Å². The predicted octanol–water partition coefficient (Wildman–Crippen LogP) is 2.09. The molecular weight excluding hydrogens is 204 g/mol. The van der Waals surface area contributed by atoms with Gasteiger partial charge < -0.3 is 4.74 Å². The molecule has 0 aromatic heterocycles. The van der Waals surface area contributed by atoms with E-state index in [1.165, 1.54) is 0 Å². The maximum absolute atomic E-state index is 12.0. The van der Waals surface area contributed by atoms with E-state index in [2.05, 4.69) is 6.92 Å². The minimum Gasteiger partial charge on any atom is -0.462 e. The molecule has 3 fully saturated rings. The number of fused-ring (bicyclic) bond motifs is 2. The lowest BCUT2D eigenvalue weighted by molar-refractivity contribution is -0.146. The molecule has 4 atom stereocenters. The molecule has 3 rings (SSSR count). The van der Waals surface area contributed by atoms with Gasteiger partial charge in [-0.3, -0.25) is 9.59 Å². The van der Waals surface area contributed by atoms with Gasteiger partial charge in [0.1, 0.15) is 11.9 Å². The Kier molecular flexibility index (Phi) is 2.13. The Bertz CT molecular complexity index is 349. The van der Waals surface area contributed by atoms with E-state index in [0.717, 1.165) is 32.1 Å². The van der Waals surface area contributed by atoms with Gasteiger partial charge in [0.15, 0.2) is 0 Å². The SMILES string of the molecule is C[C@]12CCCC(=O)[C@H]1C[C@@H]1CC(=O)O[C@@H]1C2. The highest BCUT2D eigenvalue weighted by molar-refractivity contribution is 5.83. The van der Waals surface area contributed by atoms with Gasteiger partial charge in [-0.05, 0) is 31.1 Å². The Hall–Kier alpha value is -0.860. The van der Waals surface area contributed by atoms with Gasteiger partial charge in [-0.15, -0.1) is 0 Å². The molecule has 0 bridgehead atoms. The third-order valence-corrected chi connectivity index (χ3v) is 4.84. The fourth-order valence-electron chi connectivity index (χ4n) is 3.93. The third kappa shape index (κ3) is 1.40. The molecule has 0 aromatic carbocycles. The summed E-state index contributed by atoms with van der Waals surface area (Å²) in [4.78, 5) is 23.3. The van der Waals surface area contributed by atoms with Crippen LogP contribution in [0.4, 0.5) is 0 Å². The maximum Gasteiger partial charge on any atom is 0.306 e. The summed E-state index contributed by atoms with van der Waals surface area (Å²) < 4.78 is 5.36.